The van der Waals surface area contributed by atoms with E-state index in [2.05, 4.69) is 10.6 Å². The fourth-order valence-electron chi connectivity index (χ4n) is 3.46. The molecular formula is C20H27N3O3. The predicted octanol–water partition coefficient (Wildman–Crippen LogP) is 2.15. The van der Waals surface area contributed by atoms with Crippen LogP contribution in [0.3, 0.4) is 0 Å². The average Bonchev–Trinajstić information content (AvgIpc) is 3.42. The van der Waals surface area contributed by atoms with Gasteiger partial charge in [-0.05, 0) is 51.2 Å². The van der Waals surface area contributed by atoms with Gasteiger partial charge in [-0.25, -0.2) is 0 Å². The largest absolute Gasteiger partial charge is 0.351 e. The molecule has 6 heteroatoms. The van der Waals surface area contributed by atoms with Gasteiger partial charge < -0.3 is 15.5 Å². The van der Waals surface area contributed by atoms with Crippen LogP contribution < -0.4 is 10.6 Å². The summed E-state index contributed by atoms with van der Waals surface area (Å²) < 4.78 is 0. The minimum Gasteiger partial charge on any atom is -0.351 e. The number of nitrogens with zero attached hydrogens (tertiary/aromatic N) is 1. The lowest BCUT2D eigenvalue weighted by atomic mass is 10.0. The molecule has 1 aliphatic carbocycles. The number of hydrogen-bond donors (Lipinski definition) is 2. The normalized spacial score (nSPS) is 19.8. The number of carbonyl (C=O) groups excluding carboxylic acids is 3. The summed E-state index contributed by atoms with van der Waals surface area (Å²) >= 11 is 0. The highest BCUT2D eigenvalue weighted by Gasteiger charge is 2.35. The quantitative estimate of drug-likeness (QED) is 0.793. The zero-order valence-electron chi connectivity index (χ0n) is 15.5. The smallest absolute Gasteiger partial charge is 0.233 e. The molecule has 1 aromatic rings. The van der Waals surface area contributed by atoms with Crippen molar-refractivity contribution in [2.75, 3.05) is 18.4 Å². The number of anilines is 1. The number of piperidine rings is 1. The number of amides is 3. The Labute approximate surface area is 154 Å². The maximum absolute atomic E-state index is 12.2. The van der Waals surface area contributed by atoms with Gasteiger partial charge in [0.25, 0.3) is 0 Å². The fourth-order valence-corrected chi connectivity index (χ4v) is 3.46. The van der Waals surface area contributed by atoms with Crippen LogP contribution in [0.2, 0.25) is 0 Å². The highest BCUT2D eigenvalue weighted by Crippen LogP contribution is 2.31. The van der Waals surface area contributed by atoms with E-state index in [0.717, 1.165) is 49.0 Å². The van der Waals surface area contributed by atoms with Crippen molar-refractivity contribution >= 4 is 23.4 Å². The number of benzene rings is 1. The molecule has 0 radical (unpaired) electrons. The first-order chi connectivity index (χ1) is 12.4. The number of likely N-dealkylation sites (tertiary alicyclic amines) is 1. The Morgan fingerprint density at radius 2 is 1.88 bits per heavy atom. The third-order valence-electron chi connectivity index (χ3n) is 5.00. The van der Waals surface area contributed by atoms with Gasteiger partial charge in [-0.15, -0.1) is 0 Å². The molecule has 0 bridgehead atoms. The zero-order chi connectivity index (χ0) is 18.7. The monoisotopic (exact) mass is 357 g/mol. The Morgan fingerprint density at radius 1 is 1.12 bits per heavy atom. The Kier molecular flexibility index (Phi) is 5.59. The lowest BCUT2D eigenvalue weighted by Crippen LogP contribution is -2.50. The van der Waals surface area contributed by atoms with E-state index in [1.54, 1.807) is 0 Å². The molecule has 1 heterocycles. The molecule has 0 unspecified atom stereocenters. The molecule has 3 amide bonds. The second-order valence-electron chi connectivity index (χ2n) is 7.51. The van der Waals surface area contributed by atoms with E-state index in [1.165, 1.54) is 0 Å². The number of rotatable bonds is 5. The van der Waals surface area contributed by atoms with E-state index in [4.69, 9.17) is 0 Å². The van der Waals surface area contributed by atoms with Crippen LogP contribution in [0.4, 0.5) is 5.69 Å². The summed E-state index contributed by atoms with van der Waals surface area (Å²) in [6, 6.07) is 5.70. The Bertz CT molecular complexity index is 712. The molecule has 1 aliphatic heterocycles. The molecule has 0 spiro atoms. The molecule has 1 saturated carbocycles. The zero-order valence-corrected chi connectivity index (χ0v) is 15.5. The molecule has 3 rings (SSSR count). The van der Waals surface area contributed by atoms with Crippen molar-refractivity contribution in [3.8, 4) is 0 Å². The maximum atomic E-state index is 12.2. The van der Waals surface area contributed by atoms with Gasteiger partial charge in [0.05, 0.1) is 0 Å². The molecule has 26 heavy (non-hydrogen) atoms. The van der Waals surface area contributed by atoms with Gasteiger partial charge in [0, 0.05) is 30.7 Å². The van der Waals surface area contributed by atoms with Gasteiger partial charge >= 0.3 is 0 Å². The van der Waals surface area contributed by atoms with Crippen molar-refractivity contribution in [2.45, 2.75) is 52.0 Å². The molecule has 2 aliphatic rings. The van der Waals surface area contributed by atoms with Gasteiger partial charge in [-0.2, -0.15) is 0 Å². The number of carbonyl (C=O) groups is 3. The minimum atomic E-state index is -0.323. The first-order valence-electron chi connectivity index (χ1n) is 9.37. The van der Waals surface area contributed by atoms with E-state index in [0.29, 0.717) is 6.54 Å². The summed E-state index contributed by atoms with van der Waals surface area (Å²) in [5, 5.41) is 5.70. The fraction of sp³-hybridized carbons (Fsp3) is 0.550. The number of nitrogens with one attached hydrogen (secondary N) is 2. The molecule has 2 N–H and O–H groups in total. The highest BCUT2D eigenvalue weighted by atomic mass is 16.2. The first kappa shape index (κ1) is 18.4. The second kappa shape index (κ2) is 7.89. The van der Waals surface area contributed by atoms with Crippen molar-refractivity contribution in [3.05, 3.63) is 29.3 Å². The van der Waals surface area contributed by atoms with Crippen LogP contribution in [0.15, 0.2) is 18.2 Å². The Morgan fingerprint density at radius 3 is 2.58 bits per heavy atom. The van der Waals surface area contributed by atoms with Crippen LogP contribution in [0.5, 0.6) is 0 Å². The highest BCUT2D eigenvalue weighted by molar-refractivity contribution is 6.03. The van der Waals surface area contributed by atoms with Crippen LogP contribution in [0.1, 0.15) is 43.2 Å². The molecule has 1 aromatic carbocycles. The third-order valence-corrected chi connectivity index (χ3v) is 5.00. The number of hydrogen-bond acceptors (Lipinski definition) is 3. The van der Waals surface area contributed by atoms with Crippen molar-refractivity contribution in [1.82, 2.24) is 10.2 Å². The van der Waals surface area contributed by atoms with E-state index in [9.17, 15) is 14.4 Å². The SMILES string of the molecule is Cc1ccc(NC(=O)CC(=O)N[C@H]2CCCN(C(=O)C3CC3)C2)c(C)c1. The predicted molar refractivity (Wildman–Crippen MR) is 99.6 cm³/mol. The number of aryl methyl sites for hydroxylation is 2. The molecule has 140 valence electrons. The van der Waals surface area contributed by atoms with E-state index in [-0.39, 0.29) is 36.1 Å². The molecule has 0 aromatic heterocycles. The van der Waals surface area contributed by atoms with E-state index in [1.807, 2.05) is 36.9 Å². The molecule has 6 nitrogen and oxygen atoms in total. The van der Waals surface area contributed by atoms with Gasteiger partial charge in [0.1, 0.15) is 6.42 Å². The second-order valence-corrected chi connectivity index (χ2v) is 7.51. The molecule has 1 atom stereocenters. The molecular weight excluding hydrogens is 330 g/mol. The summed E-state index contributed by atoms with van der Waals surface area (Å²) in [7, 11) is 0. The minimum absolute atomic E-state index is 0.0622. The topological polar surface area (TPSA) is 78.5 Å². The van der Waals surface area contributed by atoms with Crippen molar-refractivity contribution in [3.63, 3.8) is 0 Å². The van der Waals surface area contributed by atoms with Crippen LogP contribution in [0, 0.1) is 19.8 Å². The maximum Gasteiger partial charge on any atom is 0.233 e. The average molecular weight is 357 g/mol. The first-order valence-corrected chi connectivity index (χ1v) is 9.37. The van der Waals surface area contributed by atoms with Crippen LogP contribution in [-0.2, 0) is 14.4 Å². The summed E-state index contributed by atoms with van der Waals surface area (Å²) in [5.41, 5.74) is 2.83. The van der Waals surface area contributed by atoms with E-state index >= 15 is 0 Å². The van der Waals surface area contributed by atoms with E-state index < -0.39 is 0 Å². The lowest BCUT2D eigenvalue weighted by Gasteiger charge is -2.33. The molecule has 2 fully saturated rings. The van der Waals surface area contributed by atoms with Crippen LogP contribution in [-0.4, -0.2) is 41.8 Å². The van der Waals surface area contributed by atoms with Gasteiger partial charge in [-0.3, -0.25) is 14.4 Å². The Balaban J connectivity index is 1.46. The summed E-state index contributed by atoms with van der Waals surface area (Å²) in [6.45, 7) is 5.25. The standard InChI is InChI=1S/C20H27N3O3/c1-13-5-8-17(14(2)10-13)22-19(25)11-18(24)21-16-4-3-9-23(12-16)20(26)15-6-7-15/h5,8,10,15-16H,3-4,6-7,9,11-12H2,1-2H3,(H,21,24)(H,22,25)/t16-/m0/s1. The van der Waals surface area contributed by atoms with Gasteiger partial charge in [0.15, 0.2) is 0 Å². The van der Waals surface area contributed by atoms with Gasteiger partial charge in [0.2, 0.25) is 17.7 Å². The van der Waals surface area contributed by atoms with Crippen LogP contribution >= 0.6 is 0 Å². The third kappa shape index (κ3) is 4.84. The van der Waals surface area contributed by atoms with Gasteiger partial charge in [-0.1, -0.05) is 17.7 Å². The van der Waals surface area contributed by atoms with Crippen molar-refractivity contribution < 1.29 is 14.4 Å². The summed E-state index contributed by atoms with van der Waals surface area (Å²) in [6.07, 6.45) is 3.51. The summed E-state index contributed by atoms with van der Waals surface area (Å²) in [4.78, 5) is 38.4. The lowest BCUT2D eigenvalue weighted by molar-refractivity contribution is -0.135. The van der Waals surface area contributed by atoms with Crippen molar-refractivity contribution in [1.29, 1.82) is 0 Å². The van der Waals surface area contributed by atoms with Crippen LogP contribution in [0.25, 0.3) is 0 Å². The Hall–Kier alpha value is -2.37. The summed E-state index contributed by atoms with van der Waals surface area (Å²) in [5.74, 6) is -0.196. The molecule has 1 saturated heterocycles. The van der Waals surface area contributed by atoms with Crippen molar-refractivity contribution in [2.24, 2.45) is 5.92 Å².